The van der Waals surface area contributed by atoms with Crippen LogP contribution in [0.5, 0.6) is 0 Å². The molecule has 0 saturated carbocycles. The van der Waals surface area contributed by atoms with Gasteiger partial charge in [-0.05, 0) is 33.6 Å². The summed E-state index contributed by atoms with van der Waals surface area (Å²) in [5, 5.41) is 31.4. The second-order valence-electron chi connectivity index (χ2n) is 3.45. The molecule has 0 aliphatic rings. The van der Waals surface area contributed by atoms with Gasteiger partial charge in [0, 0.05) is 53.9 Å². The molecule has 0 aliphatic heterocycles. The van der Waals surface area contributed by atoms with E-state index in [4.69, 9.17) is 20.4 Å². The Morgan fingerprint density at radius 2 is 1.15 bits per heavy atom. The molecule has 0 heterocycles. The Morgan fingerprint density at radius 1 is 0.850 bits per heavy atom. The molecular weight excluding hydrogens is 296 g/mol. The van der Waals surface area contributed by atoms with E-state index in [0.717, 1.165) is 12.8 Å². The summed E-state index contributed by atoms with van der Waals surface area (Å²) in [5.41, 5.74) is 0. The maximum Gasteiger partial charge on any atom is 0.138 e. The van der Waals surface area contributed by atoms with Crippen molar-refractivity contribution in [2.45, 2.75) is 53.9 Å². The Balaban J connectivity index is -0.0000000626. The summed E-state index contributed by atoms with van der Waals surface area (Å²) in [6.07, 6.45) is 2.25. The van der Waals surface area contributed by atoms with Crippen LogP contribution in [-0.2, 0) is 26.5 Å². The molecule has 0 aromatic carbocycles. The van der Waals surface area contributed by atoms with Crippen molar-refractivity contribution in [1.82, 2.24) is 0 Å². The first kappa shape index (κ1) is 32.2. The van der Waals surface area contributed by atoms with Crippen molar-refractivity contribution >= 4 is 5.78 Å². The number of hydrogen-bond donors (Lipinski definition) is 4. The van der Waals surface area contributed by atoms with Crippen LogP contribution >= 0.6 is 0 Å². The minimum absolute atomic E-state index is 0. The second-order valence-corrected chi connectivity index (χ2v) is 3.45. The number of aliphatic hydroxyl groups excluding tert-OH is 4. The maximum atomic E-state index is 11.0. The van der Waals surface area contributed by atoms with E-state index in [1.54, 1.807) is 20.8 Å². The van der Waals surface area contributed by atoms with E-state index in [2.05, 4.69) is 0 Å². The third kappa shape index (κ3) is 42.9. The molecule has 0 aliphatic carbocycles. The van der Waals surface area contributed by atoms with Crippen molar-refractivity contribution in [1.29, 1.82) is 0 Å². The predicted molar refractivity (Wildman–Crippen MR) is 79.1 cm³/mol. The van der Waals surface area contributed by atoms with Crippen LogP contribution in [0.3, 0.4) is 0 Å². The number of ketones is 1. The molecule has 1 unspecified atom stereocenters. The van der Waals surface area contributed by atoms with Crippen molar-refractivity contribution in [2.75, 3.05) is 26.4 Å². The molecule has 6 heteroatoms. The number of hydrogen-bond acceptors (Lipinski definition) is 5. The van der Waals surface area contributed by atoms with Crippen LogP contribution in [0, 0.1) is 5.92 Å². The van der Waals surface area contributed by atoms with Crippen molar-refractivity contribution in [2.24, 2.45) is 5.92 Å². The molecule has 0 amide bonds. The van der Waals surface area contributed by atoms with Crippen LogP contribution in [0.25, 0.3) is 0 Å². The second kappa shape index (κ2) is 36.5. The van der Waals surface area contributed by atoms with Crippen molar-refractivity contribution in [3.05, 3.63) is 0 Å². The smallest absolute Gasteiger partial charge is 0.138 e. The molecule has 0 radical (unpaired) electrons. The average molecular weight is 330 g/mol. The normalized spacial score (nSPS) is 9.25. The molecule has 1 atom stereocenters. The topological polar surface area (TPSA) is 98.0 Å². The van der Waals surface area contributed by atoms with Gasteiger partial charge in [-0.2, -0.15) is 0 Å². The zero-order valence-corrected chi connectivity index (χ0v) is 15.3. The van der Waals surface area contributed by atoms with Gasteiger partial charge in [0.15, 0.2) is 0 Å². The first-order chi connectivity index (χ1) is 9.00. The van der Waals surface area contributed by atoms with Gasteiger partial charge in [0.1, 0.15) is 5.78 Å². The zero-order chi connectivity index (χ0) is 16.1. The summed E-state index contributed by atoms with van der Waals surface area (Å²) in [6, 6.07) is 0. The van der Waals surface area contributed by atoms with Crippen LogP contribution in [0.1, 0.15) is 53.9 Å². The summed E-state index contributed by atoms with van der Waals surface area (Å²) < 4.78 is 0. The number of Topliss-reactive ketones (excluding diaryl/α,β-unsaturated/α-hetero) is 1. The van der Waals surface area contributed by atoms with Crippen molar-refractivity contribution in [3.63, 3.8) is 0 Å². The summed E-state index contributed by atoms with van der Waals surface area (Å²) in [6.45, 7) is 9.70. The number of aliphatic hydroxyl groups is 4. The molecule has 5 nitrogen and oxygen atoms in total. The van der Waals surface area contributed by atoms with Gasteiger partial charge in [0.05, 0.1) is 6.61 Å². The van der Waals surface area contributed by atoms with E-state index < -0.39 is 0 Å². The van der Waals surface area contributed by atoms with E-state index in [-0.39, 0.29) is 59.8 Å². The number of carbonyl (C=O) groups excluding carboxylic acids is 1. The SMILES string of the molecule is CCCC(=O)C(CC)CO.CCO.CCO.CCO.[Ti]. The van der Waals surface area contributed by atoms with E-state index in [1.807, 2.05) is 13.8 Å². The Labute approximate surface area is 139 Å². The molecular formula is C14H34O5Ti. The maximum absolute atomic E-state index is 11.0. The molecule has 0 saturated heterocycles. The van der Waals surface area contributed by atoms with Gasteiger partial charge in [-0.3, -0.25) is 4.79 Å². The molecule has 0 aromatic heterocycles. The minimum Gasteiger partial charge on any atom is -0.397 e. The zero-order valence-electron chi connectivity index (χ0n) is 13.7. The van der Waals surface area contributed by atoms with E-state index in [1.165, 1.54) is 0 Å². The van der Waals surface area contributed by atoms with Gasteiger partial charge in [0.2, 0.25) is 0 Å². The minimum atomic E-state index is -0.111. The van der Waals surface area contributed by atoms with Crippen LogP contribution in [0.15, 0.2) is 0 Å². The van der Waals surface area contributed by atoms with Crippen molar-refractivity contribution < 1.29 is 46.9 Å². The molecule has 0 bridgehead atoms. The average Bonchev–Trinajstić information content (AvgIpc) is 2.34. The molecule has 0 aromatic rings. The van der Waals surface area contributed by atoms with E-state index >= 15 is 0 Å². The number of rotatable bonds is 5. The fourth-order valence-electron chi connectivity index (χ4n) is 0.909. The Hall–Kier alpha value is 0.224. The van der Waals surface area contributed by atoms with Crippen LogP contribution < -0.4 is 0 Å². The van der Waals surface area contributed by atoms with Gasteiger partial charge < -0.3 is 20.4 Å². The molecule has 0 fully saturated rings. The van der Waals surface area contributed by atoms with Gasteiger partial charge in [-0.15, -0.1) is 0 Å². The summed E-state index contributed by atoms with van der Waals surface area (Å²) in [4.78, 5) is 11.0. The van der Waals surface area contributed by atoms with Crippen LogP contribution in [-0.4, -0.2) is 52.6 Å². The molecule has 0 spiro atoms. The number of carbonyl (C=O) groups is 1. The Kier molecular flexibility index (Phi) is 58.9. The van der Waals surface area contributed by atoms with Gasteiger partial charge in [-0.1, -0.05) is 13.8 Å². The van der Waals surface area contributed by atoms with Crippen molar-refractivity contribution in [3.8, 4) is 0 Å². The van der Waals surface area contributed by atoms with Crippen LogP contribution in [0.4, 0.5) is 0 Å². The summed E-state index contributed by atoms with van der Waals surface area (Å²) in [5.74, 6) is 0.0902. The largest absolute Gasteiger partial charge is 0.397 e. The Bertz CT molecular complexity index is 137. The Morgan fingerprint density at radius 3 is 1.30 bits per heavy atom. The van der Waals surface area contributed by atoms with Gasteiger partial charge in [-0.25, -0.2) is 0 Å². The first-order valence-electron chi connectivity index (χ1n) is 6.96. The predicted octanol–water partition coefficient (Wildman–Crippen LogP) is 1.37. The van der Waals surface area contributed by atoms with Gasteiger partial charge in [0.25, 0.3) is 0 Å². The molecule has 0 rings (SSSR count). The first-order valence-corrected chi connectivity index (χ1v) is 6.96. The third-order valence-electron chi connectivity index (χ3n) is 1.66. The van der Waals surface area contributed by atoms with Crippen LogP contribution in [0.2, 0.25) is 0 Å². The van der Waals surface area contributed by atoms with Gasteiger partial charge >= 0.3 is 0 Å². The molecule has 20 heavy (non-hydrogen) atoms. The third-order valence-corrected chi connectivity index (χ3v) is 1.66. The van der Waals surface area contributed by atoms with E-state index in [0.29, 0.717) is 6.42 Å². The monoisotopic (exact) mass is 330 g/mol. The molecule has 4 N–H and O–H groups in total. The summed E-state index contributed by atoms with van der Waals surface area (Å²) >= 11 is 0. The van der Waals surface area contributed by atoms with E-state index in [9.17, 15) is 4.79 Å². The quantitative estimate of drug-likeness (QED) is 0.571. The fourth-order valence-corrected chi connectivity index (χ4v) is 0.909. The standard InChI is InChI=1S/C8H16O2.3C2H6O.Ti/c1-3-5-8(10)7(4-2)6-9;3*1-2-3;/h7,9H,3-6H2,1-2H3;3*3H,2H2,1H3;. The molecule has 124 valence electrons. The fraction of sp³-hybridized carbons (Fsp3) is 0.929. The summed E-state index contributed by atoms with van der Waals surface area (Å²) in [7, 11) is 0.